The zero-order valence-electron chi connectivity index (χ0n) is 13.8. The molecule has 130 valence electrons. The van der Waals surface area contributed by atoms with E-state index in [-0.39, 0.29) is 16.5 Å². The van der Waals surface area contributed by atoms with Crippen LogP contribution in [-0.2, 0) is 13.0 Å². The standard InChI is InChI=1S/C18H18N2O4S/c1-2-14-19-16-15(13(11-25-16)18(22)23)17(21)20(14)9-6-10-24-12-7-4-3-5-8-12/h3-5,7-8,11H,2,6,9-10H2,1H3,(H,22,23). The number of ether oxygens (including phenoxy) is 1. The molecule has 25 heavy (non-hydrogen) atoms. The van der Waals surface area contributed by atoms with Gasteiger partial charge >= 0.3 is 5.97 Å². The predicted octanol–water partition coefficient (Wildman–Crippen LogP) is 3.19. The van der Waals surface area contributed by atoms with Crippen LogP contribution >= 0.6 is 11.3 Å². The van der Waals surface area contributed by atoms with Crippen LogP contribution in [-0.4, -0.2) is 27.2 Å². The highest BCUT2D eigenvalue weighted by molar-refractivity contribution is 7.17. The minimum absolute atomic E-state index is 0.0226. The first-order valence-corrected chi connectivity index (χ1v) is 8.91. The van der Waals surface area contributed by atoms with Crippen LogP contribution in [0.3, 0.4) is 0 Å². The molecule has 0 saturated heterocycles. The van der Waals surface area contributed by atoms with Crippen LogP contribution in [0, 0.1) is 0 Å². The normalized spacial score (nSPS) is 10.9. The third kappa shape index (κ3) is 3.56. The number of aryl methyl sites for hydroxylation is 1. The van der Waals surface area contributed by atoms with Gasteiger partial charge < -0.3 is 9.84 Å². The SMILES string of the molecule is CCc1nc2scc(C(=O)O)c2c(=O)n1CCCOc1ccccc1. The van der Waals surface area contributed by atoms with Gasteiger partial charge in [0, 0.05) is 18.3 Å². The lowest BCUT2D eigenvalue weighted by molar-refractivity contribution is 0.0699. The minimum atomic E-state index is -1.10. The first kappa shape index (κ1) is 17.2. The summed E-state index contributed by atoms with van der Waals surface area (Å²) < 4.78 is 7.21. The highest BCUT2D eigenvalue weighted by atomic mass is 32.1. The molecule has 0 aliphatic heterocycles. The maximum absolute atomic E-state index is 12.8. The number of fused-ring (bicyclic) bond motifs is 1. The molecule has 0 saturated carbocycles. The van der Waals surface area contributed by atoms with Crippen molar-refractivity contribution in [2.75, 3.05) is 6.61 Å². The third-order valence-electron chi connectivity index (χ3n) is 3.86. The van der Waals surface area contributed by atoms with Crippen molar-refractivity contribution in [1.29, 1.82) is 0 Å². The van der Waals surface area contributed by atoms with Crippen molar-refractivity contribution in [2.45, 2.75) is 26.3 Å². The van der Waals surface area contributed by atoms with E-state index in [0.29, 0.717) is 36.6 Å². The fourth-order valence-corrected chi connectivity index (χ4v) is 3.58. The Bertz CT molecular complexity index is 947. The summed E-state index contributed by atoms with van der Waals surface area (Å²) in [5.41, 5.74) is -0.269. The number of nitrogens with zero attached hydrogens (tertiary/aromatic N) is 2. The summed E-state index contributed by atoms with van der Waals surface area (Å²) in [7, 11) is 0. The van der Waals surface area contributed by atoms with E-state index < -0.39 is 5.97 Å². The zero-order valence-corrected chi connectivity index (χ0v) is 14.6. The van der Waals surface area contributed by atoms with Crippen LogP contribution in [0.1, 0.15) is 29.5 Å². The summed E-state index contributed by atoms with van der Waals surface area (Å²) in [6.07, 6.45) is 1.23. The Morgan fingerprint density at radius 2 is 2.08 bits per heavy atom. The fraction of sp³-hybridized carbons (Fsp3) is 0.278. The van der Waals surface area contributed by atoms with Crippen LogP contribution in [0.5, 0.6) is 5.75 Å². The molecular formula is C18H18N2O4S. The lowest BCUT2D eigenvalue weighted by Crippen LogP contribution is -2.26. The summed E-state index contributed by atoms with van der Waals surface area (Å²) >= 11 is 1.19. The van der Waals surface area contributed by atoms with Crippen molar-refractivity contribution < 1.29 is 14.6 Å². The average molecular weight is 358 g/mol. The highest BCUT2D eigenvalue weighted by Gasteiger charge is 2.18. The van der Waals surface area contributed by atoms with E-state index >= 15 is 0 Å². The van der Waals surface area contributed by atoms with Gasteiger partial charge in [-0.25, -0.2) is 9.78 Å². The van der Waals surface area contributed by atoms with Gasteiger partial charge in [-0.15, -0.1) is 11.3 Å². The van der Waals surface area contributed by atoms with Gasteiger partial charge in [-0.1, -0.05) is 25.1 Å². The first-order valence-electron chi connectivity index (χ1n) is 8.04. The second-order valence-electron chi connectivity index (χ2n) is 5.49. The van der Waals surface area contributed by atoms with E-state index in [0.717, 1.165) is 5.75 Å². The average Bonchev–Trinajstić information content (AvgIpc) is 3.05. The maximum atomic E-state index is 12.8. The van der Waals surface area contributed by atoms with Crippen molar-refractivity contribution >= 4 is 27.5 Å². The van der Waals surface area contributed by atoms with Crippen LogP contribution in [0.15, 0.2) is 40.5 Å². The summed E-state index contributed by atoms with van der Waals surface area (Å²) in [6, 6.07) is 9.47. The monoisotopic (exact) mass is 358 g/mol. The Morgan fingerprint density at radius 1 is 1.32 bits per heavy atom. The molecule has 1 aromatic carbocycles. The summed E-state index contributed by atoms with van der Waals surface area (Å²) in [6.45, 7) is 2.83. The molecule has 0 fully saturated rings. The Labute approximate surface area is 148 Å². The van der Waals surface area contributed by atoms with Crippen molar-refractivity contribution in [1.82, 2.24) is 9.55 Å². The smallest absolute Gasteiger partial charge is 0.337 e. The summed E-state index contributed by atoms with van der Waals surface area (Å²) in [4.78, 5) is 29.1. The highest BCUT2D eigenvalue weighted by Crippen LogP contribution is 2.22. The lowest BCUT2D eigenvalue weighted by Gasteiger charge is -2.12. The first-order chi connectivity index (χ1) is 12.1. The van der Waals surface area contributed by atoms with Crippen molar-refractivity contribution in [3.05, 3.63) is 57.5 Å². The quantitative estimate of drug-likeness (QED) is 0.656. The Balaban J connectivity index is 1.82. The molecule has 0 aliphatic rings. The lowest BCUT2D eigenvalue weighted by atomic mass is 10.2. The van der Waals surface area contributed by atoms with Crippen LogP contribution in [0.4, 0.5) is 0 Å². The van der Waals surface area contributed by atoms with Gasteiger partial charge in [0.1, 0.15) is 16.4 Å². The molecule has 2 heterocycles. The number of thiophene rings is 1. The number of hydrogen-bond donors (Lipinski definition) is 1. The van der Waals surface area contributed by atoms with Gasteiger partial charge in [-0.2, -0.15) is 0 Å². The number of aromatic nitrogens is 2. The summed E-state index contributed by atoms with van der Waals surface area (Å²) in [5.74, 6) is 0.342. The molecule has 0 atom stereocenters. The Kier molecular flexibility index (Phi) is 5.14. The predicted molar refractivity (Wildman–Crippen MR) is 96.8 cm³/mol. The molecule has 6 nitrogen and oxygen atoms in total. The van der Waals surface area contributed by atoms with Crippen molar-refractivity contribution in [3.63, 3.8) is 0 Å². The molecule has 0 unspecified atom stereocenters. The fourth-order valence-electron chi connectivity index (χ4n) is 2.65. The van der Waals surface area contributed by atoms with Crippen LogP contribution in [0.2, 0.25) is 0 Å². The number of aromatic carboxylic acids is 1. The molecule has 0 amide bonds. The van der Waals surface area contributed by atoms with E-state index in [1.807, 2.05) is 37.3 Å². The van der Waals surface area contributed by atoms with Gasteiger partial charge in [0.05, 0.1) is 17.6 Å². The summed E-state index contributed by atoms with van der Waals surface area (Å²) in [5, 5.41) is 10.9. The van der Waals surface area contributed by atoms with Gasteiger partial charge in [0.15, 0.2) is 0 Å². The Morgan fingerprint density at radius 3 is 2.76 bits per heavy atom. The van der Waals surface area contributed by atoms with E-state index in [9.17, 15) is 14.7 Å². The minimum Gasteiger partial charge on any atom is -0.494 e. The molecule has 3 rings (SSSR count). The number of carbonyl (C=O) groups is 1. The van der Waals surface area contributed by atoms with E-state index in [1.165, 1.54) is 16.7 Å². The second kappa shape index (κ2) is 7.48. The number of hydrogen-bond acceptors (Lipinski definition) is 5. The maximum Gasteiger partial charge on any atom is 0.337 e. The molecule has 0 radical (unpaired) electrons. The molecule has 7 heteroatoms. The van der Waals surface area contributed by atoms with Gasteiger partial charge in [0.25, 0.3) is 5.56 Å². The van der Waals surface area contributed by atoms with Crippen LogP contribution in [0.25, 0.3) is 10.2 Å². The number of carboxylic acids is 1. The molecule has 0 spiro atoms. The van der Waals surface area contributed by atoms with E-state index in [2.05, 4.69) is 4.98 Å². The number of carboxylic acid groups (broad SMARTS) is 1. The largest absolute Gasteiger partial charge is 0.494 e. The van der Waals surface area contributed by atoms with Crippen LogP contribution < -0.4 is 10.3 Å². The second-order valence-corrected chi connectivity index (χ2v) is 6.35. The number of benzene rings is 1. The molecular weight excluding hydrogens is 340 g/mol. The topological polar surface area (TPSA) is 81.4 Å². The van der Waals surface area contributed by atoms with Gasteiger partial charge in [-0.05, 0) is 18.6 Å². The van der Waals surface area contributed by atoms with Gasteiger partial charge in [-0.3, -0.25) is 9.36 Å². The third-order valence-corrected chi connectivity index (χ3v) is 4.73. The molecule has 0 aliphatic carbocycles. The van der Waals surface area contributed by atoms with Crippen molar-refractivity contribution in [3.8, 4) is 5.75 Å². The zero-order chi connectivity index (χ0) is 17.8. The van der Waals surface area contributed by atoms with Crippen molar-refractivity contribution in [2.24, 2.45) is 0 Å². The number of rotatable bonds is 7. The van der Waals surface area contributed by atoms with Gasteiger partial charge in [0.2, 0.25) is 0 Å². The molecule has 2 aromatic heterocycles. The molecule has 1 N–H and O–H groups in total. The Hall–Kier alpha value is -2.67. The molecule has 3 aromatic rings. The number of para-hydroxylation sites is 1. The molecule has 0 bridgehead atoms. The van der Waals surface area contributed by atoms with E-state index in [4.69, 9.17) is 4.74 Å². The van der Waals surface area contributed by atoms with E-state index in [1.54, 1.807) is 4.57 Å².